The Kier molecular flexibility index (Phi) is 3.15. The van der Waals surface area contributed by atoms with Crippen molar-refractivity contribution in [1.82, 2.24) is 9.78 Å². The summed E-state index contributed by atoms with van der Waals surface area (Å²) in [6, 6.07) is 12.2. The lowest BCUT2D eigenvalue weighted by Gasteiger charge is -2.08. The molecule has 1 N–H and O–H groups in total. The highest BCUT2D eigenvalue weighted by Gasteiger charge is 2.19. The lowest BCUT2D eigenvalue weighted by atomic mass is 10.1. The van der Waals surface area contributed by atoms with Gasteiger partial charge in [0.2, 0.25) is 0 Å². The van der Waals surface area contributed by atoms with Crippen molar-refractivity contribution in [3.63, 3.8) is 0 Å². The van der Waals surface area contributed by atoms with Gasteiger partial charge < -0.3 is 5.11 Å². The van der Waals surface area contributed by atoms with E-state index in [4.69, 9.17) is 0 Å². The third kappa shape index (κ3) is 2.25. The smallest absolute Gasteiger partial charge is 0.295 e. The second kappa shape index (κ2) is 4.99. The number of fused-ring (bicyclic) bond motifs is 1. The van der Waals surface area contributed by atoms with Gasteiger partial charge in [-0.15, -0.1) is 0 Å². The van der Waals surface area contributed by atoms with Gasteiger partial charge in [-0.2, -0.15) is 5.10 Å². The molecule has 0 aliphatic carbocycles. The molecule has 3 aromatic rings. The van der Waals surface area contributed by atoms with Crippen LogP contribution in [0.1, 0.15) is 18.6 Å². The minimum absolute atomic E-state index is 0.0812. The number of hydrogen-bond acceptors (Lipinski definition) is 4. The molecule has 0 amide bonds. The van der Waals surface area contributed by atoms with Gasteiger partial charge in [-0.3, -0.25) is 10.1 Å². The van der Waals surface area contributed by atoms with Crippen LogP contribution in [0.25, 0.3) is 16.6 Å². The fourth-order valence-electron chi connectivity index (χ4n) is 2.29. The molecule has 0 aliphatic rings. The van der Waals surface area contributed by atoms with E-state index < -0.39 is 11.0 Å². The average Bonchev–Trinajstić information content (AvgIpc) is 2.90. The number of aromatic nitrogens is 2. The molecule has 2 aromatic carbocycles. The van der Waals surface area contributed by atoms with Gasteiger partial charge in [0.15, 0.2) is 0 Å². The van der Waals surface area contributed by atoms with Gasteiger partial charge >= 0.3 is 0 Å². The van der Waals surface area contributed by atoms with Gasteiger partial charge in [0.05, 0.1) is 22.7 Å². The van der Waals surface area contributed by atoms with Crippen LogP contribution in [0.2, 0.25) is 0 Å². The zero-order valence-electron chi connectivity index (χ0n) is 11.3. The molecular formula is C15H13N3O3. The van der Waals surface area contributed by atoms with Crippen molar-refractivity contribution in [2.45, 2.75) is 13.0 Å². The van der Waals surface area contributed by atoms with E-state index in [9.17, 15) is 15.2 Å². The highest BCUT2D eigenvalue weighted by molar-refractivity contribution is 5.81. The van der Waals surface area contributed by atoms with Gasteiger partial charge in [-0.25, -0.2) is 4.68 Å². The van der Waals surface area contributed by atoms with Gasteiger partial charge in [-0.05, 0) is 24.6 Å². The normalized spacial score (nSPS) is 12.5. The number of aliphatic hydroxyl groups is 1. The van der Waals surface area contributed by atoms with E-state index in [1.807, 2.05) is 24.3 Å². The first-order chi connectivity index (χ1) is 10.1. The van der Waals surface area contributed by atoms with E-state index in [0.717, 1.165) is 10.9 Å². The Balaban J connectivity index is 2.24. The molecule has 6 nitrogen and oxygen atoms in total. The molecule has 0 saturated heterocycles. The molecule has 1 heterocycles. The summed E-state index contributed by atoms with van der Waals surface area (Å²) in [5.74, 6) is 0. The molecule has 0 fully saturated rings. The summed E-state index contributed by atoms with van der Waals surface area (Å²) in [6.07, 6.45) is 0.911. The predicted octanol–water partition coefficient (Wildman–Crippen LogP) is 2.99. The van der Waals surface area contributed by atoms with Crippen LogP contribution in [0.3, 0.4) is 0 Å². The van der Waals surface area contributed by atoms with Crippen LogP contribution in [0.4, 0.5) is 5.69 Å². The molecule has 0 aliphatic heterocycles. The second-order valence-electron chi connectivity index (χ2n) is 4.80. The Labute approximate surface area is 120 Å². The Morgan fingerprint density at radius 2 is 2.05 bits per heavy atom. The Morgan fingerprint density at radius 1 is 1.29 bits per heavy atom. The number of benzene rings is 2. The maximum absolute atomic E-state index is 11.3. The fraction of sp³-hybridized carbons (Fsp3) is 0.133. The monoisotopic (exact) mass is 283 g/mol. The number of nitro groups is 1. The first kappa shape index (κ1) is 13.3. The third-order valence-corrected chi connectivity index (χ3v) is 3.38. The van der Waals surface area contributed by atoms with Crippen molar-refractivity contribution < 1.29 is 10.0 Å². The summed E-state index contributed by atoms with van der Waals surface area (Å²) in [5, 5.41) is 26.0. The SMILES string of the molecule is C[C@@H](O)c1ccc(-n2ncc3ccccc32)c([N+](=O)[O-])c1. The zero-order chi connectivity index (χ0) is 15.0. The molecule has 1 aromatic heterocycles. The summed E-state index contributed by atoms with van der Waals surface area (Å²) >= 11 is 0. The summed E-state index contributed by atoms with van der Waals surface area (Å²) in [7, 11) is 0. The first-order valence-electron chi connectivity index (χ1n) is 6.47. The van der Waals surface area contributed by atoms with Crippen LogP contribution in [-0.4, -0.2) is 19.8 Å². The Bertz CT molecular complexity index is 824. The Morgan fingerprint density at radius 3 is 2.76 bits per heavy atom. The predicted molar refractivity (Wildman–Crippen MR) is 78.4 cm³/mol. The minimum Gasteiger partial charge on any atom is -0.389 e. The molecule has 1 atom stereocenters. The van der Waals surface area contributed by atoms with E-state index in [1.54, 1.807) is 29.9 Å². The van der Waals surface area contributed by atoms with Crippen LogP contribution in [-0.2, 0) is 0 Å². The number of hydrogen-bond donors (Lipinski definition) is 1. The van der Waals surface area contributed by atoms with Crippen molar-refractivity contribution in [3.8, 4) is 5.69 Å². The van der Waals surface area contributed by atoms with Crippen molar-refractivity contribution in [2.75, 3.05) is 0 Å². The largest absolute Gasteiger partial charge is 0.389 e. The van der Waals surface area contributed by atoms with E-state index in [2.05, 4.69) is 5.10 Å². The van der Waals surface area contributed by atoms with Crippen molar-refractivity contribution in [3.05, 3.63) is 64.3 Å². The number of para-hydroxylation sites is 1. The quantitative estimate of drug-likeness (QED) is 0.591. The number of nitro benzene ring substituents is 1. The van der Waals surface area contributed by atoms with Crippen LogP contribution in [0, 0.1) is 10.1 Å². The number of nitrogens with zero attached hydrogens (tertiary/aromatic N) is 3. The maximum Gasteiger partial charge on any atom is 0.295 e. The number of aliphatic hydroxyl groups excluding tert-OH is 1. The van der Waals surface area contributed by atoms with Crippen LogP contribution in [0.15, 0.2) is 48.7 Å². The molecule has 0 radical (unpaired) electrons. The lowest BCUT2D eigenvalue weighted by molar-refractivity contribution is -0.384. The van der Waals surface area contributed by atoms with Gasteiger partial charge in [0.1, 0.15) is 5.69 Å². The van der Waals surface area contributed by atoms with E-state index in [0.29, 0.717) is 11.3 Å². The minimum atomic E-state index is -0.757. The molecular weight excluding hydrogens is 270 g/mol. The second-order valence-corrected chi connectivity index (χ2v) is 4.80. The summed E-state index contributed by atoms with van der Waals surface area (Å²) in [4.78, 5) is 10.9. The fourth-order valence-corrected chi connectivity index (χ4v) is 2.29. The van der Waals surface area contributed by atoms with Crippen LogP contribution < -0.4 is 0 Å². The van der Waals surface area contributed by atoms with Gasteiger partial charge in [0, 0.05) is 11.5 Å². The van der Waals surface area contributed by atoms with Crippen LogP contribution in [0.5, 0.6) is 0 Å². The molecule has 0 saturated carbocycles. The summed E-state index contributed by atoms with van der Waals surface area (Å²) in [6.45, 7) is 1.57. The van der Waals surface area contributed by atoms with Crippen molar-refractivity contribution >= 4 is 16.6 Å². The topological polar surface area (TPSA) is 81.2 Å². The molecule has 21 heavy (non-hydrogen) atoms. The highest BCUT2D eigenvalue weighted by Crippen LogP contribution is 2.29. The molecule has 6 heteroatoms. The van der Waals surface area contributed by atoms with E-state index in [1.165, 1.54) is 6.07 Å². The van der Waals surface area contributed by atoms with Gasteiger partial charge in [0.25, 0.3) is 5.69 Å². The average molecular weight is 283 g/mol. The molecule has 0 spiro atoms. The highest BCUT2D eigenvalue weighted by atomic mass is 16.6. The van der Waals surface area contributed by atoms with Crippen molar-refractivity contribution in [1.29, 1.82) is 0 Å². The third-order valence-electron chi connectivity index (χ3n) is 3.38. The molecule has 3 rings (SSSR count). The lowest BCUT2D eigenvalue weighted by Crippen LogP contribution is -2.03. The number of rotatable bonds is 3. The first-order valence-corrected chi connectivity index (χ1v) is 6.47. The molecule has 0 unspecified atom stereocenters. The standard InChI is InChI=1S/C15H13N3O3/c1-10(19)11-6-7-14(15(8-11)18(20)21)17-13-5-3-2-4-12(13)9-16-17/h2-10,19H,1H3/t10-/m1/s1. The molecule has 0 bridgehead atoms. The van der Waals surface area contributed by atoms with E-state index >= 15 is 0 Å². The Hall–Kier alpha value is -2.73. The summed E-state index contributed by atoms with van der Waals surface area (Å²) in [5.41, 5.74) is 1.60. The zero-order valence-corrected chi connectivity index (χ0v) is 11.3. The van der Waals surface area contributed by atoms with Crippen molar-refractivity contribution in [2.24, 2.45) is 0 Å². The van der Waals surface area contributed by atoms with Gasteiger partial charge in [-0.1, -0.05) is 24.3 Å². The maximum atomic E-state index is 11.3. The van der Waals surface area contributed by atoms with E-state index in [-0.39, 0.29) is 5.69 Å². The molecule has 106 valence electrons. The summed E-state index contributed by atoms with van der Waals surface area (Å²) < 4.78 is 1.54. The van der Waals surface area contributed by atoms with Crippen LogP contribution >= 0.6 is 0 Å².